The number of benzene rings is 2. The van der Waals surface area contributed by atoms with E-state index in [-0.39, 0.29) is 11.0 Å². The number of Topliss-reactive ketones (excluding diaryl/α,β-unsaturated/α-hetero) is 1. The molecule has 0 saturated carbocycles. The summed E-state index contributed by atoms with van der Waals surface area (Å²) in [5, 5.41) is 0.0584. The summed E-state index contributed by atoms with van der Waals surface area (Å²) in [6, 6.07) is 18.1. The van der Waals surface area contributed by atoms with Gasteiger partial charge in [-0.15, -0.1) is 0 Å². The quantitative estimate of drug-likeness (QED) is 0.517. The number of aryl methyl sites for hydroxylation is 1. The Morgan fingerprint density at radius 1 is 1.08 bits per heavy atom. The first kappa shape index (κ1) is 18.2. The molecule has 0 radical (unpaired) electrons. The maximum Gasteiger partial charge on any atom is 0.164 e. The average molecular weight is 370 g/mol. The fourth-order valence-electron chi connectivity index (χ4n) is 3.02. The van der Waals surface area contributed by atoms with E-state index in [0.717, 1.165) is 28.5 Å². The number of hydrogen-bond donors (Lipinski definition) is 0. The van der Waals surface area contributed by atoms with Gasteiger partial charge < -0.3 is 4.90 Å². The zero-order chi connectivity index (χ0) is 17.6. The predicted octanol–water partition coefficient (Wildman–Crippen LogP) is 5.42. The van der Waals surface area contributed by atoms with Gasteiger partial charge in [0.1, 0.15) is 4.32 Å². The zero-order valence-corrected chi connectivity index (χ0v) is 16.1. The molecule has 4 heteroatoms. The van der Waals surface area contributed by atoms with E-state index >= 15 is 0 Å². The van der Waals surface area contributed by atoms with Gasteiger partial charge in [0, 0.05) is 30.3 Å². The lowest BCUT2D eigenvalue weighted by Gasteiger charge is -2.23. The van der Waals surface area contributed by atoms with E-state index in [0.29, 0.717) is 6.42 Å². The van der Waals surface area contributed by atoms with Crippen LogP contribution in [0.15, 0.2) is 54.6 Å². The Kier molecular flexibility index (Phi) is 6.27. The number of carbonyl (C=O) groups is 1. The molecule has 1 saturated heterocycles. The normalized spacial score (nSPS) is 15.2. The topological polar surface area (TPSA) is 20.3 Å². The van der Waals surface area contributed by atoms with E-state index < -0.39 is 0 Å². The van der Waals surface area contributed by atoms with E-state index in [1.807, 2.05) is 49.4 Å². The van der Waals surface area contributed by atoms with Gasteiger partial charge in [0.25, 0.3) is 0 Å². The molecule has 0 N–H and O–H groups in total. The van der Waals surface area contributed by atoms with E-state index in [1.54, 1.807) is 11.8 Å². The van der Waals surface area contributed by atoms with Gasteiger partial charge in [-0.1, -0.05) is 84.1 Å². The number of nitrogens with zero attached hydrogens (tertiary/aromatic N) is 1. The number of thioether (sulfide) groups is 1. The maximum absolute atomic E-state index is 12.8. The van der Waals surface area contributed by atoms with Crippen LogP contribution in [0.2, 0.25) is 0 Å². The van der Waals surface area contributed by atoms with E-state index in [9.17, 15) is 4.79 Å². The molecule has 1 unspecified atom stereocenters. The number of carbonyl (C=O) groups excluding carboxylic acids is 1. The van der Waals surface area contributed by atoms with Crippen molar-refractivity contribution in [1.29, 1.82) is 0 Å². The molecule has 0 aliphatic carbocycles. The minimum absolute atomic E-state index is 0.0584. The summed E-state index contributed by atoms with van der Waals surface area (Å²) in [6.45, 7) is 4.11. The van der Waals surface area contributed by atoms with Gasteiger partial charge in [-0.3, -0.25) is 4.79 Å². The van der Waals surface area contributed by atoms with Gasteiger partial charge >= 0.3 is 0 Å². The van der Waals surface area contributed by atoms with Crippen molar-refractivity contribution >= 4 is 34.1 Å². The summed E-state index contributed by atoms with van der Waals surface area (Å²) >= 11 is 7.31. The molecule has 0 bridgehead atoms. The monoisotopic (exact) mass is 369 g/mol. The third-order valence-electron chi connectivity index (χ3n) is 4.52. The summed E-state index contributed by atoms with van der Waals surface area (Å²) in [5.74, 6) is 0.172. The summed E-state index contributed by atoms with van der Waals surface area (Å²) < 4.78 is 0.919. The molecule has 0 amide bonds. The highest BCUT2D eigenvalue weighted by Crippen LogP contribution is 2.36. The standard InChI is InChI=1S/C21H23NOS2/c1-16-9-11-17(12-10-16)19(23)15-20(18-7-3-2-4-8-18)25-21(24)22-13-5-6-14-22/h2-4,7-12,20H,5-6,13-15H2,1H3. The first-order valence-corrected chi connectivity index (χ1v) is 10.0. The minimum Gasteiger partial charge on any atom is -0.358 e. The van der Waals surface area contributed by atoms with Gasteiger partial charge in [0.2, 0.25) is 0 Å². The highest BCUT2D eigenvalue weighted by atomic mass is 32.2. The first-order valence-electron chi connectivity index (χ1n) is 8.74. The van der Waals surface area contributed by atoms with Crippen LogP contribution in [-0.2, 0) is 0 Å². The van der Waals surface area contributed by atoms with Crippen molar-refractivity contribution in [2.75, 3.05) is 13.1 Å². The highest BCUT2D eigenvalue weighted by Gasteiger charge is 2.23. The van der Waals surface area contributed by atoms with Crippen molar-refractivity contribution in [1.82, 2.24) is 4.90 Å². The first-order chi connectivity index (χ1) is 12.1. The Labute approximate surface area is 159 Å². The molecule has 2 aromatic carbocycles. The summed E-state index contributed by atoms with van der Waals surface area (Å²) in [7, 11) is 0. The third-order valence-corrected chi connectivity index (χ3v) is 6.25. The van der Waals surface area contributed by atoms with E-state index in [1.165, 1.54) is 18.4 Å². The lowest BCUT2D eigenvalue weighted by atomic mass is 10.0. The number of thiocarbonyl (C=S) groups is 1. The fourth-order valence-corrected chi connectivity index (χ4v) is 4.65. The molecule has 1 aliphatic heterocycles. The SMILES string of the molecule is Cc1ccc(C(=O)CC(SC(=S)N2CCCC2)c2ccccc2)cc1. The Hall–Kier alpha value is -1.65. The molecule has 0 aromatic heterocycles. The molecule has 2 nitrogen and oxygen atoms in total. The molecule has 2 aromatic rings. The predicted molar refractivity (Wildman–Crippen MR) is 110 cm³/mol. The highest BCUT2D eigenvalue weighted by molar-refractivity contribution is 8.23. The van der Waals surface area contributed by atoms with Crippen LogP contribution in [0.1, 0.15) is 46.0 Å². The molecular weight excluding hydrogens is 346 g/mol. The van der Waals surface area contributed by atoms with Gasteiger partial charge in [0.15, 0.2) is 5.78 Å². The lowest BCUT2D eigenvalue weighted by Crippen LogP contribution is -2.24. The van der Waals surface area contributed by atoms with Crippen molar-refractivity contribution in [2.45, 2.75) is 31.4 Å². The van der Waals surface area contributed by atoms with Gasteiger partial charge in [0.05, 0.1) is 0 Å². The average Bonchev–Trinajstić information content (AvgIpc) is 3.17. The molecule has 0 spiro atoms. The molecule has 1 aliphatic rings. The van der Waals surface area contributed by atoms with Gasteiger partial charge in [-0.2, -0.15) is 0 Å². The number of likely N-dealkylation sites (tertiary alicyclic amines) is 1. The van der Waals surface area contributed by atoms with Crippen molar-refractivity contribution in [3.05, 3.63) is 71.3 Å². The molecule has 1 fully saturated rings. The van der Waals surface area contributed by atoms with E-state index in [2.05, 4.69) is 17.0 Å². The molecule has 1 heterocycles. The van der Waals surface area contributed by atoms with Crippen LogP contribution in [0.5, 0.6) is 0 Å². The zero-order valence-electron chi connectivity index (χ0n) is 14.5. The molecule has 25 heavy (non-hydrogen) atoms. The maximum atomic E-state index is 12.8. The Morgan fingerprint density at radius 3 is 2.36 bits per heavy atom. The summed E-state index contributed by atoms with van der Waals surface area (Å²) in [4.78, 5) is 15.0. The van der Waals surface area contributed by atoms with Crippen LogP contribution in [0.3, 0.4) is 0 Å². The molecule has 1 atom stereocenters. The second kappa shape index (κ2) is 8.63. The Balaban J connectivity index is 1.75. The Bertz CT molecular complexity index is 721. The van der Waals surface area contributed by atoms with E-state index in [4.69, 9.17) is 12.2 Å². The molecular formula is C21H23NOS2. The van der Waals surface area contributed by atoms with Crippen molar-refractivity contribution < 1.29 is 4.79 Å². The number of hydrogen-bond acceptors (Lipinski definition) is 3. The molecule has 3 rings (SSSR count). The lowest BCUT2D eigenvalue weighted by molar-refractivity contribution is 0.0982. The summed E-state index contributed by atoms with van der Waals surface area (Å²) in [6.07, 6.45) is 2.88. The largest absolute Gasteiger partial charge is 0.358 e. The smallest absolute Gasteiger partial charge is 0.164 e. The van der Waals surface area contributed by atoms with Gasteiger partial charge in [-0.25, -0.2) is 0 Å². The number of ketones is 1. The number of rotatable bonds is 5. The van der Waals surface area contributed by atoms with Crippen LogP contribution in [0, 0.1) is 6.92 Å². The van der Waals surface area contributed by atoms with Crippen LogP contribution in [0.25, 0.3) is 0 Å². The van der Waals surface area contributed by atoms with Crippen LogP contribution < -0.4 is 0 Å². The Morgan fingerprint density at radius 2 is 1.72 bits per heavy atom. The van der Waals surface area contributed by atoms with Crippen molar-refractivity contribution in [2.24, 2.45) is 0 Å². The van der Waals surface area contributed by atoms with Crippen molar-refractivity contribution in [3.63, 3.8) is 0 Å². The van der Waals surface area contributed by atoms with Crippen LogP contribution >= 0.6 is 24.0 Å². The second-order valence-corrected chi connectivity index (χ2v) is 8.31. The van der Waals surface area contributed by atoms with Crippen LogP contribution in [-0.4, -0.2) is 28.1 Å². The molecule has 130 valence electrons. The van der Waals surface area contributed by atoms with Gasteiger partial charge in [-0.05, 0) is 25.3 Å². The summed E-state index contributed by atoms with van der Waals surface area (Å²) in [5.41, 5.74) is 3.11. The fraction of sp³-hybridized carbons (Fsp3) is 0.333. The second-order valence-electron chi connectivity index (χ2n) is 6.47. The van der Waals surface area contributed by atoms with Crippen molar-refractivity contribution in [3.8, 4) is 0 Å². The third kappa shape index (κ3) is 4.93. The van der Waals surface area contributed by atoms with Crippen LogP contribution in [0.4, 0.5) is 0 Å². The minimum atomic E-state index is 0.0584.